The summed E-state index contributed by atoms with van der Waals surface area (Å²) in [5, 5.41) is 8.81. The van der Waals surface area contributed by atoms with E-state index in [4.69, 9.17) is 16.3 Å². The molecule has 0 saturated heterocycles. The first-order valence-corrected chi connectivity index (χ1v) is 5.17. The zero-order chi connectivity index (χ0) is 11.5. The first-order valence-electron chi connectivity index (χ1n) is 5.17. The van der Waals surface area contributed by atoms with Gasteiger partial charge in [0, 0.05) is 0 Å². The number of terminal acetylenes is 1. The van der Waals surface area contributed by atoms with Crippen molar-refractivity contribution in [1.82, 2.24) is 0 Å². The Hall–Kier alpha value is -1.95. The Bertz CT molecular complexity index is 453. The second-order valence-corrected chi connectivity index (χ2v) is 3.91. The SMILES string of the molecule is C#Cc1cc(C(=O)O)ccc1OCC1CC1. The Morgan fingerprint density at radius 3 is 2.88 bits per heavy atom. The number of carbonyl (C=O) groups is 1. The lowest BCUT2D eigenvalue weighted by atomic mass is 10.1. The lowest BCUT2D eigenvalue weighted by Gasteiger charge is -2.08. The molecule has 1 N–H and O–H groups in total. The number of benzene rings is 1. The summed E-state index contributed by atoms with van der Waals surface area (Å²) < 4.78 is 5.55. The molecule has 1 aliphatic rings. The number of ether oxygens (including phenoxy) is 1. The van der Waals surface area contributed by atoms with Crippen LogP contribution in [0.2, 0.25) is 0 Å². The zero-order valence-corrected chi connectivity index (χ0v) is 8.77. The fourth-order valence-electron chi connectivity index (χ4n) is 1.39. The van der Waals surface area contributed by atoms with E-state index in [0.29, 0.717) is 23.8 Å². The number of carboxylic acid groups (broad SMARTS) is 1. The molecule has 0 unspecified atom stereocenters. The highest BCUT2D eigenvalue weighted by molar-refractivity contribution is 5.88. The number of aromatic carboxylic acids is 1. The third-order valence-corrected chi connectivity index (χ3v) is 2.55. The second kappa shape index (κ2) is 4.28. The third kappa shape index (κ3) is 2.34. The molecule has 0 heterocycles. The highest BCUT2D eigenvalue weighted by Crippen LogP contribution is 2.30. The van der Waals surface area contributed by atoms with Crippen molar-refractivity contribution in [3.63, 3.8) is 0 Å². The first-order chi connectivity index (χ1) is 7.70. The molecule has 2 rings (SSSR count). The highest BCUT2D eigenvalue weighted by Gasteiger charge is 2.22. The van der Waals surface area contributed by atoms with E-state index < -0.39 is 5.97 Å². The molecule has 16 heavy (non-hydrogen) atoms. The van der Waals surface area contributed by atoms with Crippen LogP contribution in [0, 0.1) is 18.3 Å². The van der Waals surface area contributed by atoms with Crippen LogP contribution in [0.4, 0.5) is 0 Å². The lowest BCUT2D eigenvalue weighted by molar-refractivity contribution is 0.0697. The van der Waals surface area contributed by atoms with Crippen molar-refractivity contribution in [2.45, 2.75) is 12.8 Å². The molecule has 0 aromatic heterocycles. The number of hydrogen-bond donors (Lipinski definition) is 1. The zero-order valence-electron chi connectivity index (χ0n) is 8.77. The van der Waals surface area contributed by atoms with Crippen LogP contribution in [-0.4, -0.2) is 17.7 Å². The molecule has 1 aromatic rings. The van der Waals surface area contributed by atoms with E-state index >= 15 is 0 Å². The van der Waals surface area contributed by atoms with Gasteiger partial charge < -0.3 is 9.84 Å². The number of carboxylic acids is 1. The average molecular weight is 216 g/mol. The van der Waals surface area contributed by atoms with Gasteiger partial charge in [0.2, 0.25) is 0 Å². The van der Waals surface area contributed by atoms with Gasteiger partial charge in [-0.3, -0.25) is 0 Å². The summed E-state index contributed by atoms with van der Waals surface area (Å²) >= 11 is 0. The fourth-order valence-corrected chi connectivity index (χ4v) is 1.39. The molecule has 82 valence electrons. The van der Waals surface area contributed by atoms with Gasteiger partial charge in [-0.25, -0.2) is 4.79 Å². The fraction of sp³-hybridized carbons (Fsp3) is 0.308. The van der Waals surface area contributed by atoms with E-state index in [9.17, 15) is 4.79 Å². The molecule has 1 aromatic carbocycles. The van der Waals surface area contributed by atoms with Gasteiger partial charge in [0.25, 0.3) is 0 Å². The Morgan fingerprint density at radius 2 is 2.31 bits per heavy atom. The maximum Gasteiger partial charge on any atom is 0.335 e. The van der Waals surface area contributed by atoms with Crippen molar-refractivity contribution >= 4 is 5.97 Å². The van der Waals surface area contributed by atoms with E-state index in [1.807, 2.05) is 0 Å². The molecule has 3 heteroatoms. The monoisotopic (exact) mass is 216 g/mol. The van der Waals surface area contributed by atoms with Gasteiger partial charge in [0.05, 0.1) is 17.7 Å². The molecule has 0 bridgehead atoms. The molecule has 0 amide bonds. The molecule has 0 aliphatic heterocycles. The summed E-state index contributed by atoms with van der Waals surface area (Å²) in [6, 6.07) is 4.59. The number of rotatable bonds is 4. The smallest absolute Gasteiger partial charge is 0.335 e. The minimum atomic E-state index is -0.981. The maximum atomic E-state index is 10.7. The van der Waals surface area contributed by atoms with Gasteiger partial charge in [0.15, 0.2) is 0 Å². The molecule has 3 nitrogen and oxygen atoms in total. The highest BCUT2D eigenvalue weighted by atomic mass is 16.5. The van der Waals surface area contributed by atoms with E-state index in [1.165, 1.54) is 25.0 Å². The Kier molecular flexibility index (Phi) is 2.82. The van der Waals surface area contributed by atoms with Gasteiger partial charge in [0.1, 0.15) is 5.75 Å². The quantitative estimate of drug-likeness (QED) is 0.784. The Balaban J connectivity index is 2.17. The lowest BCUT2D eigenvalue weighted by Crippen LogP contribution is -2.02. The average Bonchev–Trinajstić information content (AvgIpc) is 3.09. The maximum absolute atomic E-state index is 10.7. The molecule has 1 aliphatic carbocycles. The standard InChI is InChI=1S/C13H12O3/c1-2-10-7-11(13(14)15)5-6-12(10)16-8-9-3-4-9/h1,5-7,9H,3-4,8H2,(H,14,15). The van der Waals surface area contributed by atoms with Crippen LogP contribution in [0.3, 0.4) is 0 Å². The van der Waals surface area contributed by atoms with Gasteiger partial charge >= 0.3 is 5.97 Å². The van der Waals surface area contributed by atoms with Crippen LogP contribution in [0.1, 0.15) is 28.8 Å². The topological polar surface area (TPSA) is 46.5 Å². The van der Waals surface area contributed by atoms with Gasteiger partial charge in [-0.1, -0.05) is 5.92 Å². The van der Waals surface area contributed by atoms with E-state index in [2.05, 4.69) is 5.92 Å². The van der Waals surface area contributed by atoms with Crippen molar-refractivity contribution in [3.8, 4) is 18.1 Å². The van der Waals surface area contributed by atoms with Crippen molar-refractivity contribution in [1.29, 1.82) is 0 Å². The van der Waals surface area contributed by atoms with E-state index in [-0.39, 0.29) is 5.56 Å². The summed E-state index contributed by atoms with van der Waals surface area (Å²) in [4.78, 5) is 10.7. The largest absolute Gasteiger partial charge is 0.492 e. The van der Waals surface area contributed by atoms with Crippen molar-refractivity contribution in [3.05, 3.63) is 29.3 Å². The molecule has 0 atom stereocenters. The summed E-state index contributed by atoms with van der Waals surface area (Å²) in [7, 11) is 0. The predicted molar refractivity (Wildman–Crippen MR) is 59.6 cm³/mol. The van der Waals surface area contributed by atoms with Crippen LogP contribution in [-0.2, 0) is 0 Å². The van der Waals surface area contributed by atoms with Crippen LogP contribution < -0.4 is 4.74 Å². The molecule has 0 spiro atoms. The Labute approximate surface area is 94.0 Å². The molecule has 1 saturated carbocycles. The number of hydrogen-bond acceptors (Lipinski definition) is 2. The summed E-state index contributed by atoms with van der Waals surface area (Å²) in [6.45, 7) is 0.668. The Morgan fingerprint density at radius 1 is 1.56 bits per heavy atom. The van der Waals surface area contributed by atoms with Crippen LogP contribution >= 0.6 is 0 Å². The normalized spacial score (nSPS) is 14.2. The molecule has 1 fully saturated rings. The molecular formula is C13H12O3. The summed E-state index contributed by atoms with van der Waals surface area (Å²) in [5.41, 5.74) is 0.687. The van der Waals surface area contributed by atoms with Crippen molar-refractivity contribution < 1.29 is 14.6 Å². The summed E-state index contributed by atoms with van der Waals surface area (Å²) in [5.74, 6) is 2.71. The minimum Gasteiger partial charge on any atom is -0.492 e. The van der Waals surface area contributed by atoms with Crippen molar-refractivity contribution in [2.24, 2.45) is 5.92 Å². The predicted octanol–water partition coefficient (Wildman–Crippen LogP) is 2.15. The minimum absolute atomic E-state index is 0.187. The molecule has 0 radical (unpaired) electrons. The summed E-state index contributed by atoms with van der Waals surface area (Å²) in [6.07, 6.45) is 7.73. The van der Waals surface area contributed by atoms with E-state index in [1.54, 1.807) is 6.07 Å². The van der Waals surface area contributed by atoms with E-state index in [0.717, 1.165) is 0 Å². The van der Waals surface area contributed by atoms with Crippen molar-refractivity contribution in [2.75, 3.05) is 6.61 Å². The van der Waals surface area contributed by atoms with Gasteiger partial charge in [-0.2, -0.15) is 0 Å². The van der Waals surface area contributed by atoms with Gasteiger partial charge in [-0.15, -0.1) is 6.42 Å². The van der Waals surface area contributed by atoms with Crippen LogP contribution in [0.15, 0.2) is 18.2 Å². The third-order valence-electron chi connectivity index (χ3n) is 2.55. The first kappa shape index (κ1) is 10.6. The van der Waals surface area contributed by atoms with Crippen LogP contribution in [0.25, 0.3) is 0 Å². The molecular weight excluding hydrogens is 204 g/mol. The van der Waals surface area contributed by atoms with Crippen LogP contribution in [0.5, 0.6) is 5.75 Å². The second-order valence-electron chi connectivity index (χ2n) is 3.91. The van der Waals surface area contributed by atoms with Gasteiger partial charge in [-0.05, 0) is 37.0 Å².